The second kappa shape index (κ2) is 7.72. The molecular formula is C22H21F2N5O3. The van der Waals surface area contributed by atoms with Crippen molar-refractivity contribution in [3.63, 3.8) is 0 Å². The number of aryl methyl sites for hydroxylation is 1. The van der Waals surface area contributed by atoms with Crippen LogP contribution in [0.4, 0.5) is 14.5 Å². The molecule has 0 unspecified atom stereocenters. The summed E-state index contributed by atoms with van der Waals surface area (Å²) >= 11 is 0. The monoisotopic (exact) mass is 441 g/mol. The number of nitrogens with zero attached hydrogens (tertiary/aromatic N) is 3. The first-order valence-corrected chi connectivity index (χ1v) is 9.78. The fourth-order valence-electron chi connectivity index (χ4n) is 3.82. The lowest BCUT2D eigenvalue weighted by Gasteiger charge is -2.44. The zero-order valence-electron chi connectivity index (χ0n) is 17.4. The fourth-order valence-corrected chi connectivity index (χ4v) is 3.82. The zero-order valence-corrected chi connectivity index (χ0v) is 17.4. The molecule has 0 bridgehead atoms. The minimum Gasteiger partial charge on any atom is -0.398 e. The van der Waals surface area contributed by atoms with Crippen molar-refractivity contribution < 1.29 is 23.5 Å². The van der Waals surface area contributed by atoms with Crippen LogP contribution in [0.3, 0.4) is 0 Å². The average Bonchev–Trinajstić information content (AvgIpc) is 3.03. The van der Waals surface area contributed by atoms with E-state index < -0.39 is 28.7 Å². The summed E-state index contributed by atoms with van der Waals surface area (Å²) in [5.74, 6) is -2.72. The van der Waals surface area contributed by atoms with Gasteiger partial charge in [0.1, 0.15) is 11.6 Å². The van der Waals surface area contributed by atoms with E-state index >= 15 is 0 Å². The number of carbonyl (C=O) groups is 2. The average molecular weight is 441 g/mol. The molecule has 32 heavy (non-hydrogen) atoms. The Hall–Kier alpha value is -3.79. The summed E-state index contributed by atoms with van der Waals surface area (Å²) in [6, 6.07) is 4.83. The normalized spacial score (nSPS) is 15.5. The van der Waals surface area contributed by atoms with Gasteiger partial charge in [-0.05, 0) is 37.6 Å². The second-order valence-corrected chi connectivity index (χ2v) is 8.05. The van der Waals surface area contributed by atoms with Crippen molar-refractivity contribution in [3.8, 4) is 0 Å². The summed E-state index contributed by atoms with van der Waals surface area (Å²) in [6.45, 7) is 3.83. The summed E-state index contributed by atoms with van der Waals surface area (Å²) < 4.78 is 29.3. The lowest BCUT2D eigenvalue weighted by molar-refractivity contribution is -0.111. The predicted octanol–water partition coefficient (Wildman–Crippen LogP) is 2.07. The standard InChI is InChI=1S/C22H21F2N5O3/c1-12-13(21(31)28-10-22(2,32)11-28)9-29-20(12)17(6-7-26-29)27-18(30)8-16(25)19-14(23)4-3-5-15(19)24/h3-9,32H,10-11,25H2,1-2H3,(H,27,30)/b16-8-. The van der Waals surface area contributed by atoms with Gasteiger partial charge < -0.3 is 21.1 Å². The number of anilines is 1. The minimum absolute atomic E-state index is 0.227. The van der Waals surface area contributed by atoms with Gasteiger partial charge >= 0.3 is 0 Å². The molecule has 0 aliphatic carbocycles. The van der Waals surface area contributed by atoms with Crippen molar-refractivity contribution >= 4 is 28.7 Å². The lowest BCUT2D eigenvalue weighted by atomic mass is 9.96. The van der Waals surface area contributed by atoms with E-state index in [1.165, 1.54) is 27.7 Å². The van der Waals surface area contributed by atoms with E-state index in [-0.39, 0.29) is 24.7 Å². The van der Waals surface area contributed by atoms with Crippen LogP contribution in [0.25, 0.3) is 11.2 Å². The van der Waals surface area contributed by atoms with E-state index in [9.17, 15) is 23.5 Å². The van der Waals surface area contributed by atoms with Crippen LogP contribution in [0.1, 0.15) is 28.4 Å². The number of amides is 2. The zero-order chi connectivity index (χ0) is 23.2. The molecule has 4 N–H and O–H groups in total. The van der Waals surface area contributed by atoms with Gasteiger partial charge in [-0.3, -0.25) is 9.59 Å². The number of nitrogens with one attached hydrogen (secondary N) is 1. The number of β-amino-alcohol motifs (C(OH)–C–C–N with tert-alkyl or cyclic N) is 1. The molecule has 1 aromatic carbocycles. The van der Waals surface area contributed by atoms with E-state index in [0.29, 0.717) is 22.3 Å². The van der Waals surface area contributed by atoms with Gasteiger partial charge in [-0.15, -0.1) is 0 Å². The molecule has 0 atom stereocenters. The minimum atomic E-state index is -0.899. The van der Waals surface area contributed by atoms with E-state index in [0.717, 1.165) is 18.2 Å². The third-order valence-electron chi connectivity index (χ3n) is 5.30. The number of aromatic nitrogens is 2. The topological polar surface area (TPSA) is 113 Å². The summed E-state index contributed by atoms with van der Waals surface area (Å²) in [5, 5.41) is 16.7. The number of halogens is 2. The van der Waals surface area contributed by atoms with Crippen molar-refractivity contribution in [1.82, 2.24) is 14.5 Å². The van der Waals surface area contributed by atoms with Crippen LogP contribution in [-0.2, 0) is 4.79 Å². The van der Waals surface area contributed by atoms with Crippen molar-refractivity contribution in [2.24, 2.45) is 5.73 Å². The summed E-state index contributed by atoms with van der Waals surface area (Å²) in [4.78, 5) is 26.8. The number of likely N-dealkylation sites (tertiary alicyclic amines) is 1. The van der Waals surface area contributed by atoms with Gasteiger partial charge in [-0.1, -0.05) is 6.07 Å². The van der Waals surface area contributed by atoms with Gasteiger partial charge in [0.2, 0.25) is 0 Å². The highest BCUT2D eigenvalue weighted by Crippen LogP contribution is 2.28. The van der Waals surface area contributed by atoms with Crippen LogP contribution in [0.5, 0.6) is 0 Å². The molecular weight excluding hydrogens is 420 g/mol. The molecule has 1 aliphatic rings. The fraction of sp³-hybridized carbons (Fsp3) is 0.227. The van der Waals surface area contributed by atoms with Crippen LogP contribution in [0.2, 0.25) is 0 Å². The number of carbonyl (C=O) groups excluding carboxylic acids is 2. The molecule has 4 rings (SSSR count). The highest BCUT2D eigenvalue weighted by Gasteiger charge is 2.40. The molecule has 0 saturated carbocycles. The number of fused-ring (bicyclic) bond motifs is 1. The Morgan fingerprint density at radius 3 is 2.53 bits per heavy atom. The molecule has 166 valence electrons. The van der Waals surface area contributed by atoms with Crippen LogP contribution in [0.15, 0.2) is 42.7 Å². The van der Waals surface area contributed by atoms with E-state index in [1.807, 2.05) is 0 Å². The van der Waals surface area contributed by atoms with Crippen LogP contribution in [-0.4, -0.2) is 50.1 Å². The Kier molecular flexibility index (Phi) is 5.17. The van der Waals surface area contributed by atoms with E-state index in [1.54, 1.807) is 20.0 Å². The van der Waals surface area contributed by atoms with Gasteiger partial charge in [-0.25, -0.2) is 13.3 Å². The number of hydrogen-bond donors (Lipinski definition) is 3. The number of rotatable bonds is 4. The summed E-state index contributed by atoms with van der Waals surface area (Å²) in [6.07, 6.45) is 3.88. The third kappa shape index (κ3) is 3.80. The molecule has 3 heterocycles. The van der Waals surface area contributed by atoms with Gasteiger partial charge in [0.15, 0.2) is 0 Å². The number of benzene rings is 1. The Balaban J connectivity index is 1.62. The lowest BCUT2D eigenvalue weighted by Crippen LogP contribution is -2.61. The molecule has 1 aliphatic heterocycles. The Bertz CT molecular complexity index is 1250. The molecule has 0 radical (unpaired) electrons. The second-order valence-electron chi connectivity index (χ2n) is 8.05. The quantitative estimate of drug-likeness (QED) is 0.537. The molecule has 1 saturated heterocycles. The van der Waals surface area contributed by atoms with Crippen LogP contribution < -0.4 is 11.1 Å². The van der Waals surface area contributed by atoms with Crippen molar-refractivity contribution in [3.05, 3.63) is 71.1 Å². The number of nitrogens with two attached hydrogens (primary N) is 1. The number of aliphatic hydroxyl groups is 1. The number of hydrogen-bond acceptors (Lipinski definition) is 5. The maximum Gasteiger partial charge on any atom is 0.255 e. The Morgan fingerprint density at radius 2 is 1.91 bits per heavy atom. The van der Waals surface area contributed by atoms with Gasteiger partial charge in [0.25, 0.3) is 11.8 Å². The summed E-state index contributed by atoms with van der Waals surface area (Å²) in [7, 11) is 0. The molecule has 3 aromatic rings. The molecule has 2 amide bonds. The largest absolute Gasteiger partial charge is 0.398 e. The predicted molar refractivity (Wildman–Crippen MR) is 114 cm³/mol. The van der Waals surface area contributed by atoms with Crippen molar-refractivity contribution in [2.45, 2.75) is 19.4 Å². The van der Waals surface area contributed by atoms with Gasteiger partial charge in [0.05, 0.1) is 46.7 Å². The molecule has 8 nitrogen and oxygen atoms in total. The molecule has 10 heteroatoms. The first-order chi connectivity index (χ1) is 15.1. The molecule has 1 fully saturated rings. The molecule has 0 spiro atoms. The third-order valence-corrected chi connectivity index (χ3v) is 5.30. The Morgan fingerprint density at radius 1 is 1.25 bits per heavy atom. The SMILES string of the molecule is Cc1c(C(=O)N2CC(C)(O)C2)cn2nccc(NC(=O)/C=C(\N)c3c(F)cccc3F)c12. The maximum absolute atomic E-state index is 13.9. The van der Waals surface area contributed by atoms with E-state index in [4.69, 9.17) is 5.73 Å². The highest BCUT2D eigenvalue weighted by molar-refractivity contribution is 6.07. The van der Waals surface area contributed by atoms with Crippen molar-refractivity contribution in [1.29, 1.82) is 0 Å². The molecule has 2 aromatic heterocycles. The first kappa shape index (κ1) is 21.4. The maximum atomic E-state index is 13.9. The van der Waals surface area contributed by atoms with Gasteiger partial charge in [0, 0.05) is 18.5 Å². The van der Waals surface area contributed by atoms with Crippen LogP contribution >= 0.6 is 0 Å². The van der Waals surface area contributed by atoms with Crippen molar-refractivity contribution in [2.75, 3.05) is 18.4 Å². The van der Waals surface area contributed by atoms with Gasteiger partial charge in [-0.2, -0.15) is 5.10 Å². The summed E-state index contributed by atoms with van der Waals surface area (Å²) in [5.41, 5.74) is 5.80. The highest BCUT2D eigenvalue weighted by atomic mass is 19.1. The Labute approximate surface area is 181 Å². The first-order valence-electron chi connectivity index (χ1n) is 9.78. The smallest absolute Gasteiger partial charge is 0.255 e. The van der Waals surface area contributed by atoms with E-state index in [2.05, 4.69) is 10.4 Å². The van der Waals surface area contributed by atoms with Crippen LogP contribution in [0, 0.1) is 18.6 Å².